The molecule has 0 aliphatic rings. The Kier molecular flexibility index (Phi) is 5.16. The van der Waals surface area contributed by atoms with Crippen LogP contribution in [-0.4, -0.2) is 11.7 Å². The summed E-state index contributed by atoms with van der Waals surface area (Å²) in [6.45, 7) is 5.50. The Bertz CT molecular complexity index is 701. The van der Waals surface area contributed by atoms with Gasteiger partial charge in [-0.3, -0.25) is 0 Å². The number of hydrogen-bond donors (Lipinski definition) is 1. The topological polar surface area (TPSA) is 29.5 Å². The van der Waals surface area contributed by atoms with Gasteiger partial charge in [-0.1, -0.05) is 30.3 Å². The fraction of sp³-hybridized carbons (Fsp3) is 0.176. The molecular formula is C17H15ClF2O2. The molecule has 0 spiro atoms. The SMILES string of the molecule is C=Cc1ccc(Cl)c(C(O)c2ccc(OCC)c(F)c2F)c1. The van der Waals surface area contributed by atoms with Crippen molar-refractivity contribution in [3.05, 3.63) is 70.3 Å². The van der Waals surface area contributed by atoms with E-state index in [4.69, 9.17) is 16.3 Å². The summed E-state index contributed by atoms with van der Waals surface area (Å²) in [6, 6.07) is 7.42. The van der Waals surface area contributed by atoms with Crippen LogP contribution in [0.4, 0.5) is 8.78 Å². The van der Waals surface area contributed by atoms with E-state index in [9.17, 15) is 13.9 Å². The van der Waals surface area contributed by atoms with Crippen LogP contribution in [-0.2, 0) is 0 Å². The Labute approximate surface area is 132 Å². The first-order chi connectivity index (χ1) is 10.5. The summed E-state index contributed by atoms with van der Waals surface area (Å²) in [4.78, 5) is 0. The van der Waals surface area contributed by atoms with Crippen LogP contribution in [0.5, 0.6) is 5.75 Å². The van der Waals surface area contributed by atoms with E-state index in [2.05, 4.69) is 6.58 Å². The van der Waals surface area contributed by atoms with E-state index in [1.165, 1.54) is 12.1 Å². The zero-order valence-electron chi connectivity index (χ0n) is 11.9. The minimum absolute atomic E-state index is 0.193. The Morgan fingerprint density at radius 3 is 2.59 bits per heavy atom. The lowest BCUT2D eigenvalue weighted by molar-refractivity contribution is 0.212. The van der Waals surface area contributed by atoms with Gasteiger partial charge in [0, 0.05) is 16.1 Å². The first-order valence-corrected chi connectivity index (χ1v) is 7.08. The van der Waals surface area contributed by atoms with Crippen molar-refractivity contribution in [2.24, 2.45) is 0 Å². The second-order valence-electron chi connectivity index (χ2n) is 4.60. The Hall–Kier alpha value is -1.91. The minimum Gasteiger partial charge on any atom is -0.491 e. The molecule has 2 aromatic carbocycles. The molecule has 2 nitrogen and oxygen atoms in total. The molecule has 0 fully saturated rings. The number of aliphatic hydroxyl groups excluding tert-OH is 1. The van der Waals surface area contributed by atoms with E-state index in [1.807, 2.05) is 0 Å². The minimum atomic E-state index is -1.39. The predicted octanol–water partition coefficient (Wildman–Crippen LogP) is 4.74. The lowest BCUT2D eigenvalue weighted by Crippen LogP contribution is -2.07. The third kappa shape index (κ3) is 3.13. The van der Waals surface area contributed by atoms with E-state index >= 15 is 0 Å². The molecule has 22 heavy (non-hydrogen) atoms. The maximum absolute atomic E-state index is 14.2. The van der Waals surface area contributed by atoms with Gasteiger partial charge >= 0.3 is 0 Å². The quantitative estimate of drug-likeness (QED) is 0.860. The molecule has 2 aromatic rings. The van der Waals surface area contributed by atoms with E-state index < -0.39 is 17.7 Å². The van der Waals surface area contributed by atoms with Gasteiger partial charge < -0.3 is 9.84 Å². The highest BCUT2D eigenvalue weighted by molar-refractivity contribution is 6.31. The van der Waals surface area contributed by atoms with Crippen molar-refractivity contribution in [3.8, 4) is 5.75 Å². The molecule has 0 saturated carbocycles. The van der Waals surface area contributed by atoms with Crippen LogP contribution in [0, 0.1) is 11.6 Å². The van der Waals surface area contributed by atoms with Crippen LogP contribution >= 0.6 is 11.6 Å². The van der Waals surface area contributed by atoms with Crippen molar-refractivity contribution >= 4 is 17.7 Å². The summed E-state index contributed by atoms with van der Waals surface area (Å²) in [6.07, 6.45) is 0.180. The summed E-state index contributed by atoms with van der Waals surface area (Å²) in [5.74, 6) is -2.48. The van der Waals surface area contributed by atoms with Gasteiger partial charge in [-0.2, -0.15) is 4.39 Å². The molecule has 0 aliphatic carbocycles. The van der Waals surface area contributed by atoms with Gasteiger partial charge in [0.15, 0.2) is 11.6 Å². The normalized spacial score (nSPS) is 12.0. The van der Waals surface area contributed by atoms with Crippen molar-refractivity contribution < 1.29 is 18.6 Å². The summed E-state index contributed by atoms with van der Waals surface area (Å²) in [5, 5.41) is 10.6. The van der Waals surface area contributed by atoms with Crippen LogP contribution in [0.25, 0.3) is 6.08 Å². The van der Waals surface area contributed by atoms with Gasteiger partial charge in [-0.15, -0.1) is 0 Å². The number of aliphatic hydroxyl groups is 1. The Morgan fingerprint density at radius 1 is 1.23 bits per heavy atom. The van der Waals surface area contributed by atoms with Gasteiger partial charge in [0.05, 0.1) is 6.61 Å². The third-order valence-electron chi connectivity index (χ3n) is 3.22. The van der Waals surface area contributed by atoms with Gasteiger partial charge in [0.1, 0.15) is 6.10 Å². The monoisotopic (exact) mass is 324 g/mol. The van der Waals surface area contributed by atoms with Gasteiger partial charge in [0.25, 0.3) is 0 Å². The van der Waals surface area contributed by atoms with E-state index in [-0.39, 0.29) is 28.5 Å². The maximum Gasteiger partial charge on any atom is 0.200 e. The number of hydrogen-bond acceptors (Lipinski definition) is 2. The molecule has 5 heteroatoms. The number of halogens is 3. The highest BCUT2D eigenvalue weighted by Gasteiger charge is 2.22. The van der Waals surface area contributed by atoms with Crippen LogP contribution in [0.1, 0.15) is 29.7 Å². The highest BCUT2D eigenvalue weighted by Crippen LogP contribution is 2.33. The van der Waals surface area contributed by atoms with Crippen LogP contribution in [0.2, 0.25) is 5.02 Å². The molecule has 0 bridgehead atoms. The molecule has 1 N–H and O–H groups in total. The summed E-state index contributed by atoms with van der Waals surface area (Å²) in [7, 11) is 0. The average molecular weight is 325 g/mol. The zero-order chi connectivity index (χ0) is 16.3. The molecule has 0 heterocycles. The standard InChI is InChI=1S/C17H15ClF2O2/c1-3-10-5-7-13(18)12(9-10)17(21)11-6-8-14(22-4-2)16(20)15(11)19/h3,5-9,17,21H,1,4H2,2H3. The Morgan fingerprint density at radius 2 is 1.95 bits per heavy atom. The molecule has 0 amide bonds. The van der Waals surface area contributed by atoms with E-state index in [0.717, 1.165) is 0 Å². The van der Waals surface area contributed by atoms with Gasteiger partial charge in [0.2, 0.25) is 5.82 Å². The first kappa shape index (κ1) is 16.5. The zero-order valence-corrected chi connectivity index (χ0v) is 12.7. The Balaban J connectivity index is 2.48. The molecule has 1 atom stereocenters. The van der Waals surface area contributed by atoms with Crippen molar-refractivity contribution in [2.75, 3.05) is 6.61 Å². The molecular weight excluding hydrogens is 310 g/mol. The van der Waals surface area contributed by atoms with Crippen molar-refractivity contribution in [2.45, 2.75) is 13.0 Å². The molecule has 0 aromatic heterocycles. The lowest BCUT2D eigenvalue weighted by atomic mass is 9.98. The summed E-state index contributed by atoms with van der Waals surface area (Å²) in [5.41, 5.74) is 0.788. The maximum atomic E-state index is 14.2. The number of benzene rings is 2. The average Bonchev–Trinajstić information content (AvgIpc) is 2.52. The molecule has 2 rings (SSSR count). The number of rotatable bonds is 5. The fourth-order valence-electron chi connectivity index (χ4n) is 2.09. The van der Waals surface area contributed by atoms with Crippen molar-refractivity contribution in [1.29, 1.82) is 0 Å². The largest absolute Gasteiger partial charge is 0.491 e. The van der Waals surface area contributed by atoms with Crippen molar-refractivity contribution in [3.63, 3.8) is 0 Å². The van der Waals surface area contributed by atoms with Gasteiger partial charge in [-0.25, -0.2) is 4.39 Å². The second kappa shape index (κ2) is 6.90. The molecule has 0 aliphatic heterocycles. The van der Waals surface area contributed by atoms with E-state index in [1.54, 1.807) is 31.2 Å². The lowest BCUT2D eigenvalue weighted by Gasteiger charge is -2.16. The van der Waals surface area contributed by atoms with Crippen LogP contribution in [0.3, 0.4) is 0 Å². The van der Waals surface area contributed by atoms with E-state index in [0.29, 0.717) is 5.56 Å². The summed E-state index contributed by atoms with van der Waals surface area (Å²) >= 11 is 6.04. The van der Waals surface area contributed by atoms with Crippen LogP contribution < -0.4 is 4.74 Å². The molecule has 1 unspecified atom stereocenters. The first-order valence-electron chi connectivity index (χ1n) is 6.70. The highest BCUT2D eigenvalue weighted by atomic mass is 35.5. The summed E-state index contributed by atoms with van der Waals surface area (Å²) < 4.78 is 33.1. The van der Waals surface area contributed by atoms with Gasteiger partial charge in [-0.05, 0) is 36.8 Å². The predicted molar refractivity (Wildman–Crippen MR) is 83.1 cm³/mol. The third-order valence-corrected chi connectivity index (χ3v) is 3.57. The smallest absolute Gasteiger partial charge is 0.200 e. The molecule has 0 saturated heterocycles. The number of ether oxygens (including phenoxy) is 1. The molecule has 116 valence electrons. The molecule has 0 radical (unpaired) electrons. The second-order valence-corrected chi connectivity index (χ2v) is 5.01. The van der Waals surface area contributed by atoms with Crippen molar-refractivity contribution in [1.82, 2.24) is 0 Å². The van der Waals surface area contributed by atoms with Crippen LogP contribution in [0.15, 0.2) is 36.9 Å². The fourth-order valence-corrected chi connectivity index (χ4v) is 2.31.